The van der Waals surface area contributed by atoms with Crippen molar-refractivity contribution in [1.82, 2.24) is 0 Å². The quantitative estimate of drug-likeness (QED) is 0.823. The summed E-state index contributed by atoms with van der Waals surface area (Å²) >= 11 is 0. The molecule has 0 heterocycles. The molecule has 0 spiro atoms. The maximum absolute atomic E-state index is 10.5. The van der Waals surface area contributed by atoms with E-state index in [1.807, 2.05) is 50.2 Å². The molecular weight excluding hydrogens is 190 g/mol. The highest BCUT2D eigenvalue weighted by atomic mass is 16.4. The molecule has 82 valence electrons. The number of aliphatic carboxylic acids is 1. The minimum atomic E-state index is -0.751. The van der Waals surface area contributed by atoms with Crippen LogP contribution in [0.2, 0.25) is 0 Å². The van der Waals surface area contributed by atoms with Gasteiger partial charge in [0, 0.05) is 19.8 Å². The number of anilines is 1. The molecule has 0 fully saturated rings. The van der Waals surface area contributed by atoms with Gasteiger partial charge in [0.25, 0.3) is 0 Å². The van der Waals surface area contributed by atoms with E-state index in [-0.39, 0.29) is 12.3 Å². The first kappa shape index (κ1) is 11.6. The SMILES string of the molecule is CC(CC(=O)O)c1ccc(N(C)C)cc1. The summed E-state index contributed by atoms with van der Waals surface area (Å²) in [5.74, 6) is -0.683. The van der Waals surface area contributed by atoms with Gasteiger partial charge < -0.3 is 10.0 Å². The van der Waals surface area contributed by atoms with Crippen LogP contribution in [0.25, 0.3) is 0 Å². The first-order valence-corrected chi connectivity index (χ1v) is 4.99. The second-order valence-electron chi connectivity index (χ2n) is 3.98. The van der Waals surface area contributed by atoms with Gasteiger partial charge >= 0.3 is 5.97 Å². The van der Waals surface area contributed by atoms with Gasteiger partial charge in [-0.1, -0.05) is 19.1 Å². The molecule has 0 bridgehead atoms. The third-order valence-corrected chi connectivity index (χ3v) is 2.46. The van der Waals surface area contributed by atoms with Crippen molar-refractivity contribution in [2.45, 2.75) is 19.3 Å². The van der Waals surface area contributed by atoms with Crippen LogP contribution in [-0.2, 0) is 4.79 Å². The van der Waals surface area contributed by atoms with Gasteiger partial charge in [-0.05, 0) is 23.6 Å². The Bertz CT molecular complexity index is 330. The Morgan fingerprint density at radius 1 is 1.33 bits per heavy atom. The van der Waals surface area contributed by atoms with Gasteiger partial charge in [-0.25, -0.2) is 0 Å². The Morgan fingerprint density at radius 3 is 2.27 bits per heavy atom. The second-order valence-corrected chi connectivity index (χ2v) is 3.98. The van der Waals surface area contributed by atoms with Crippen LogP contribution in [0.3, 0.4) is 0 Å². The molecule has 0 aromatic heterocycles. The average Bonchev–Trinajstić information content (AvgIpc) is 2.17. The van der Waals surface area contributed by atoms with E-state index in [9.17, 15) is 4.79 Å². The van der Waals surface area contributed by atoms with Gasteiger partial charge in [-0.2, -0.15) is 0 Å². The zero-order valence-corrected chi connectivity index (χ0v) is 9.40. The summed E-state index contributed by atoms with van der Waals surface area (Å²) in [7, 11) is 3.96. The van der Waals surface area contributed by atoms with Crippen molar-refractivity contribution in [3.63, 3.8) is 0 Å². The molecule has 1 aromatic rings. The summed E-state index contributed by atoms with van der Waals surface area (Å²) in [6, 6.07) is 7.99. The Morgan fingerprint density at radius 2 is 1.87 bits per heavy atom. The fourth-order valence-electron chi connectivity index (χ4n) is 1.48. The van der Waals surface area contributed by atoms with Crippen LogP contribution in [0.1, 0.15) is 24.8 Å². The third kappa shape index (κ3) is 3.27. The zero-order chi connectivity index (χ0) is 11.4. The predicted octanol–water partition coefficient (Wildman–Crippen LogP) is 2.33. The molecule has 1 unspecified atom stereocenters. The Labute approximate surface area is 90.3 Å². The molecule has 1 rings (SSSR count). The van der Waals surface area contributed by atoms with Crippen molar-refractivity contribution >= 4 is 11.7 Å². The molecule has 0 aliphatic carbocycles. The standard InChI is InChI=1S/C12H17NO2/c1-9(8-12(14)15)10-4-6-11(7-5-10)13(2)3/h4-7,9H,8H2,1-3H3,(H,14,15). The molecule has 3 nitrogen and oxygen atoms in total. The fourth-order valence-corrected chi connectivity index (χ4v) is 1.48. The number of benzene rings is 1. The molecule has 1 aromatic carbocycles. The van der Waals surface area contributed by atoms with Crippen LogP contribution in [0, 0.1) is 0 Å². The molecule has 0 amide bonds. The van der Waals surface area contributed by atoms with Crippen molar-refractivity contribution < 1.29 is 9.90 Å². The highest BCUT2D eigenvalue weighted by Crippen LogP contribution is 2.21. The van der Waals surface area contributed by atoms with E-state index in [2.05, 4.69) is 0 Å². The first-order chi connectivity index (χ1) is 7.00. The van der Waals surface area contributed by atoms with Crippen LogP contribution in [-0.4, -0.2) is 25.2 Å². The van der Waals surface area contributed by atoms with E-state index < -0.39 is 5.97 Å². The summed E-state index contributed by atoms with van der Waals surface area (Å²) < 4.78 is 0. The number of nitrogens with zero attached hydrogens (tertiary/aromatic N) is 1. The monoisotopic (exact) mass is 207 g/mol. The van der Waals surface area contributed by atoms with E-state index in [1.165, 1.54) is 0 Å². The second kappa shape index (κ2) is 4.82. The number of carboxylic acids is 1. The van der Waals surface area contributed by atoms with Crippen LogP contribution >= 0.6 is 0 Å². The smallest absolute Gasteiger partial charge is 0.303 e. The van der Waals surface area contributed by atoms with Crippen molar-refractivity contribution in [3.8, 4) is 0 Å². The summed E-state index contributed by atoms with van der Waals surface area (Å²) in [6.07, 6.45) is 0.182. The lowest BCUT2D eigenvalue weighted by atomic mass is 9.98. The van der Waals surface area contributed by atoms with Gasteiger partial charge in [0.2, 0.25) is 0 Å². The van der Waals surface area contributed by atoms with Crippen LogP contribution in [0.4, 0.5) is 5.69 Å². The van der Waals surface area contributed by atoms with Gasteiger partial charge in [0.1, 0.15) is 0 Å². The zero-order valence-electron chi connectivity index (χ0n) is 9.40. The lowest BCUT2D eigenvalue weighted by molar-refractivity contribution is -0.137. The van der Waals surface area contributed by atoms with E-state index in [0.29, 0.717) is 0 Å². The van der Waals surface area contributed by atoms with Gasteiger partial charge in [0.05, 0.1) is 6.42 Å². The number of hydrogen-bond donors (Lipinski definition) is 1. The van der Waals surface area contributed by atoms with E-state index in [0.717, 1.165) is 11.3 Å². The Hall–Kier alpha value is -1.51. The molecule has 0 radical (unpaired) electrons. The van der Waals surface area contributed by atoms with Crippen molar-refractivity contribution in [1.29, 1.82) is 0 Å². The van der Waals surface area contributed by atoms with Crippen molar-refractivity contribution in [3.05, 3.63) is 29.8 Å². The van der Waals surface area contributed by atoms with E-state index in [1.54, 1.807) is 0 Å². The maximum atomic E-state index is 10.5. The van der Waals surface area contributed by atoms with Crippen LogP contribution in [0.15, 0.2) is 24.3 Å². The largest absolute Gasteiger partial charge is 0.481 e. The van der Waals surface area contributed by atoms with E-state index in [4.69, 9.17) is 5.11 Å². The Balaban J connectivity index is 2.75. The first-order valence-electron chi connectivity index (χ1n) is 4.99. The van der Waals surface area contributed by atoms with Crippen molar-refractivity contribution in [2.24, 2.45) is 0 Å². The molecule has 0 aliphatic rings. The maximum Gasteiger partial charge on any atom is 0.303 e. The van der Waals surface area contributed by atoms with Crippen LogP contribution < -0.4 is 4.90 Å². The molecule has 1 N–H and O–H groups in total. The molecule has 0 aliphatic heterocycles. The highest BCUT2D eigenvalue weighted by Gasteiger charge is 2.09. The lowest BCUT2D eigenvalue weighted by Crippen LogP contribution is -2.08. The average molecular weight is 207 g/mol. The minimum absolute atomic E-state index is 0.0683. The van der Waals surface area contributed by atoms with E-state index >= 15 is 0 Å². The molecule has 15 heavy (non-hydrogen) atoms. The normalized spacial score (nSPS) is 12.2. The number of hydrogen-bond acceptors (Lipinski definition) is 2. The molecule has 3 heteroatoms. The lowest BCUT2D eigenvalue weighted by Gasteiger charge is -2.14. The van der Waals surface area contributed by atoms with Crippen molar-refractivity contribution in [2.75, 3.05) is 19.0 Å². The fraction of sp³-hybridized carbons (Fsp3) is 0.417. The topological polar surface area (TPSA) is 40.5 Å². The van der Waals surface area contributed by atoms with Gasteiger partial charge in [-0.15, -0.1) is 0 Å². The van der Waals surface area contributed by atoms with Gasteiger partial charge in [-0.3, -0.25) is 4.79 Å². The minimum Gasteiger partial charge on any atom is -0.481 e. The number of carboxylic acid groups (broad SMARTS) is 1. The Kier molecular flexibility index (Phi) is 3.72. The van der Waals surface area contributed by atoms with Gasteiger partial charge in [0.15, 0.2) is 0 Å². The predicted molar refractivity (Wildman–Crippen MR) is 61.4 cm³/mol. The third-order valence-electron chi connectivity index (χ3n) is 2.46. The highest BCUT2D eigenvalue weighted by molar-refractivity contribution is 5.68. The number of carbonyl (C=O) groups is 1. The van der Waals surface area contributed by atoms with Crippen LogP contribution in [0.5, 0.6) is 0 Å². The molecular formula is C12H17NO2. The number of rotatable bonds is 4. The summed E-state index contributed by atoms with van der Waals surface area (Å²) in [4.78, 5) is 12.6. The molecule has 1 atom stereocenters. The summed E-state index contributed by atoms with van der Waals surface area (Å²) in [6.45, 7) is 1.93. The summed E-state index contributed by atoms with van der Waals surface area (Å²) in [5, 5.41) is 8.68. The molecule has 0 saturated heterocycles. The summed E-state index contributed by atoms with van der Waals surface area (Å²) in [5.41, 5.74) is 2.20. The molecule has 0 saturated carbocycles.